The van der Waals surface area contributed by atoms with Gasteiger partial charge < -0.3 is 21.3 Å². The smallest absolute Gasteiger partial charge is 0.322 e. The summed E-state index contributed by atoms with van der Waals surface area (Å²) in [6, 6.07) is 64.4. The van der Waals surface area contributed by atoms with Gasteiger partial charge in [-0.15, -0.1) is 0 Å². The van der Waals surface area contributed by atoms with E-state index in [4.69, 9.17) is 0 Å². The molecule has 141 heavy (non-hydrogen) atoms. The van der Waals surface area contributed by atoms with Crippen LogP contribution in [0.1, 0.15) is 93.5 Å². The van der Waals surface area contributed by atoms with Crippen molar-refractivity contribution in [2.75, 3.05) is 21.3 Å². The Bertz CT molecular complexity index is 7920. The van der Waals surface area contributed by atoms with E-state index in [1.54, 1.807) is 127 Å². The number of pyridine rings is 2. The number of hydrogen-bond acceptors (Lipinski definition) is 14. The molecule has 0 bridgehead atoms. The highest BCUT2D eigenvalue weighted by molar-refractivity contribution is 6.09. The molecule has 0 spiro atoms. The molecule has 4 amide bonds. The first-order chi connectivity index (χ1) is 67.3. The van der Waals surface area contributed by atoms with Crippen LogP contribution >= 0.6 is 0 Å². The fourth-order valence-electron chi connectivity index (χ4n) is 15.4. The molecule has 10 aromatic carbocycles. The number of benzene rings is 10. The van der Waals surface area contributed by atoms with E-state index < -0.39 is 81.3 Å². The molecule has 4 N–H and O–H groups in total. The molecule has 0 radical (unpaired) electrons. The van der Waals surface area contributed by atoms with E-state index in [1.807, 2.05) is 101 Å². The van der Waals surface area contributed by atoms with Crippen LogP contribution in [-0.2, 0) is 12.4 Å². The zero-order valence-electron chi connectivity index (χ0n) is 74.5. The minimum atomic E-state index is -4.78. The maximum Gasteiger partial charge on any atom is 0.417 e. The molecule has 0 fully saturated rings. The average Bonchev–Trinajstić information content (AvgIpc) is 1.72. The Morgan fingerprint density at radius 1 is 0.277 bits per heavy atom. The lowest BCUT2D eigenvalue weighted by atomic mass is 9.98. The highest BCUT2D eigenvalue weighted by Crippen LogP contribution is 2.41. The molecule has 10 aromatic heterocycles. The third kappa shape index (κ3) is 20.6. The van der Waals surface area contributed by atoms with Crippen LogP contribution in [0.3, 0.4) is 0 Å². The van der Waals surface area contributed by atoms with Crippen molar-refractivity contribution < 1.29 is 71.9 Å². The van der Waals surface area contributed by atoms with Gasteiger partial charge in [0.15, 0.2) is 57.5 Å². The Labute approximate surface area is 795 Å². The number of nitrogens with zero attached hydrogens (tertiary/aromatic N) is 14. The third-order valence-electron chi connectivity index (χ3n) is 22.7. The van der Waals surface area contributed by atoms with Gasteiger partial charge in [-0.2, -0.15) is 46.7 Å². The van der Waals surface area contributed by atoms with E-state index in [9.17, 15) is 71.9 Å². The van der Waals surface area contributed by atoms with Crippen LogP contribution in [0.2, 0.25) is 0 Å². The quantitative estimate of drug-likeness (QED) is 0.0656. The van der Waals surface area contributed by atoms with Crippen molar-refractivity contribution in [3.8, 4) is 89.5 Å². The second-order valence-electron chi connectivity index (χ2n) is 32.2. The normalized spacial score (nSPS) is 11.2. The van der Waals surface area contributed by atoms with Gasteiger partial charge in [0.2, 0.25) is 0 Å². The predicted octanol–water partition coefficient (Wildman–Crippen LogP) is 25.4. The van der Waals surface area contributed by atoms with Crippen molar-refractivity contribution in [1.82, 2.24) is 68.4 Å². The molecule has 0 aliphatic heterocycles. The Kier molecular flexibility index (Phi) is 27.6. The Morgan fingerprint density at radius 3 is 0.922 bits per heavy atom. The Morgan fingerprint density at radius 2 is 0.582 bits per heavy atom. The van der Waals surface area contributed by atoms with Gasteiger partial charge in [0.25, 0.3) is 23.6 Å². The number of rotatable bonds is 16. The maximum absolute atomic E-state index is 14.4. The van der Waals surface area contributed by atoms with E-state index in [0.29, 0.717) is 107 Å². The van der Waals surface area contributed by atoms with Gasteiger partial charge in [0.1, 0.15) is 0 Å². The summed E-state index contributed by atoms with van der Waals surface area (Å²) in [5.41, 5.74) is 13.5. The molecular formula is C107H78F12N18O4. The first-order valence-electron chi connectivity index (χ1n) is 42.9. The number of aryl methyl sites for hydroxylation is 6. The van der Waals surface area contributed by atoms with E-state index in [-0.39, 0.29) is 52.8 Å². The second-order valence-corrected chi connectivity index (χ2v) is 32.2. The first kappa shape index (κ1) is 96.2. The molecule has 10 heterocycles. The van der Waals surface area contributed by atoms with Crippen molar-refractivity contribution in [2.45, 2.75) is 61.3 Å². The zero-order chi connectivity index (χ0) is 98.5. The van der Waals surface area contributed by atoms with Crippen molar-refractivity contribution in [1.29, 1.82) is 0 Å². The van der Waals surface area contributed by atoms with E-state index in [2.05, 4.69) is 71.6 Å². The number of carbonyl (C=O) groups is 4. The molecule has 0 saturated heterocycles. The van der Waals surface area contributed by atoms with Crippen molar-refractivity contribution in [2.24, 2.45) is 0 Å². The Hall–Kier alpha value is -18.0. The largest absolute Gasteiger partial charge is 0.417 e. The number of anilines is 4. The Balaban J connectivity index is 0.000000135. The van der Waals surface area contributed by atoms with Crippen molar-refractivity contribution in [3.05, 3.63) is 419 Å². The summed E-state index contributed by atoms with van der Waals surface area (Å²) in [7, 11) is 0. The number of fused-ring (bicyclic) bond motifs is 4. The number of halogens is 12. The van der Waals surface area contributed by atoms with Crippen molar-refractivity contribution >= 4 is 69.0 Å². The summed E-state index contributed by atoms with van der Waals surface area (Å²) in [5, 5.41) is 28.0. The molecule has 0 aliphatic carbocycles. The molecule has 34 heteroatoms. The minimum Gasteiger partial charge on any atom is -0.322 e. The third-order valence-corrected chi connectivity index (χ3v) is 22.7. The van der Waals surface area contributed by atoms with Crippen LogP contribution in [0.25, 0.3) is 112 Å². The van der Waals surface area contributed by atoms with Crippen LogP contribution in [0.5, 0.6) is 0 Å². The lowest BCUT2D eigenvalue weighted by molar-refractivity contribution is -0.138. The average molecular weight is 1910 g/mol. The summed E-state index contributed by atoms with van der Waals surface area (Å²) in [6.07, 6.45) is 7.30. The molecule has 704 valence electrons. The molecule has 20 aromatic rings. The molecule has 20 rings (SSSR count). The number of hydrogen-bond donors (Lipinski definition) is 4. The number of alkyl halides is 6. The van der Waals surface area contributed by atoms with Crippen LogP contribution in [-0.4, -0.2) is 92.0 Å². The molecule has 0 saturated carbocycles. The van der Waals surface area contributed by atoms with Gasteiger partial charge in [-0.25, -0.2) is 64.3 Å². The summed E-state index contributed by atoms with van der Waals surface area (Å²) >= 11 is 0. The van der Waals surface area contributed by atoms with Crippen LogP contribution in [0, 0.1) is 76.4 Å². The number of aromatic nitrogens is 14. The molecule has 0 unspecified atom stereocenters. The number of carbonyl (C=O) groups excluding carboxylic acids is 4. The predicted molar refractivity (Wildman–Crippen MR) is 514 cm³/mol. The first-order valence-corrected chi connectivity index (χ1v) is 42.9. The van der Waals surface area contributed by atoms with Gasteiger partial charge in [-0.05, 0) is 222 Å². The maximum atomic E-state index is 14.4. The topological polar surface area (TPSA) is 263 Å². The minimum absolute atomic E-state index is 0. The van der Waals surface area contributed by atoms with Crippen molar-refractivity contribution in [3.63, 3.8) is 0 Å². The summed E-state index contributed by atoms with van der Waals surface area (Å²) in [4.78, 5) is 77.9. The molecular weight excluding hydrogens is 1830 g/mol. The standard InChI is InChI=1S/C27H17F5N4O.C27H20F2N4O.C26H18F3N5O.C26H19F2N5O.CH4/c1-15-5-8-17(9-6-15)35-26(37)20-13-16(7-10-21(20)27(30,31)32)18-11-12-34-36-23(14-33-25(18)36)19-3-2-4-22(28)24(19)29;1-16-6-10-19(11-7-16)32-27(34)22-14-18(9-8-17(22)2)20-12-13-31-33-24(15-30-26(20)33)21-4-3-5-23(28)25(21)29;1-16-4-7-19(8-5-16)33-25(35)21-13-17(6-9-22(21)26(27,28)29)20-10-12-32-34-23(15-31-24(20)34)18-3-2-11-30-14-18;1-15-6-8-18(9-7-15)32-26(34)21-12-17(13-29-16(21)2)19-10-11-31-33-23(14-30-25(19)33)20-4-3-5-22(27)24(20)28;/h2-14H,1H3,(H,35,37);3-15H,1-2H3,(H,32,34);2-15H,1H3,(H,33,35);3-14H,1-2H3,(H,32,34);1H4. The highest BCUT2D eigenvalue weighted by Gasteiger charge is 2.38. The van der Waals surface area contributed by atoms with Crippen LogP contribution in [0.4, 0.5) is 75.4 Å². The van der Waals surface area contributed by atoms with E-state index in [1.165, 1.54) is 111 Å². The fraction of sp³-hybridized carbons (Fsp3) is 0.0841. The lowest BCUT2D eigenvalue weighted by Gasteiger charge is -2.15. The van der Waals surface area contributed by atoms with Gasteiger partial charge >= 0.3 is 12.4 Å². The van der Waals surface area contributed by atoms with E-state index >= 15 is 0 Å². The highest BCUT2D eigenvalue weighted by atomic mass is 19.4. The number of nitrogens with one attached hydrogen (secondary N) is 4. The SMILES string of the molecule is C.Cc1ccc(NC(=O)c2cc(-c3ccnn4c(-c5cccc(F)c5F)cnc34)ccc2C(F)(F)F)cc1.Cc1ccc(NC(=O)c2cc(-c3ccnn4c(-c5cccc(F)c5F)cnc34)ccc2C)cc1.Cc1ccc(NC(=O)c2cc(-c3ccnn4c(-c5cccc(F)c5F)cnc34)cnc2C)cc1.Cc1ccc(NC(=O)c2cc(-c3ccnn4c(-c5cccnc5)cnc34)ccc2C(F)(F)F)cc1. The van der Waals surface area contributed by atoms with Gasteiger partial charge in [-0.1, -0.05) is 121 Å². The van der Waals surface area contributed by atoms with Crippen LogP contribution < -0.4 is 21.3 Å². The van der Waals surface area contributed by atoms with E-state index in [0.717, 1.165) is 75.3 Å². The van der Waals surface area contributed by atoms with Crippen LogP contribution in [0.15, 0.2) is 317 Å². The summed E-state index contributed by atoms with van der Waals surface area (Å²) < 4.78 is 173. The molecule has 0 atom stereocenters. The second kappa shape index (κ2) is 40.5. The summed E-state index contributed by atoms with van der Waals surface area (Å²) in [5.74, 6) is -8.24. The lowest BCUT2D eigenvalue weighted by Crippen LogP contribution is -2.19. The van der Waals surface area contributed by atoms with Gasteiger partial charge in [-0.3, -0.25) is 29.1 Å². The van der Waals surface area contributed by atoms with Gasteiger partial charge in [0, 0.05) is 122 Å². The summed E-state index contributed by atoms with van der Waals surface area (Å²) in [6.45, 7) is 11.3. The molecule has 22 nitrogen and oxygen atoms in total. The molecule has 0 aliphatic rings. The number of imidazole rings is 4. The fourth-order valence-corrected chi connectivity index (χ4v) is 15.4. The number of amides is 4. The van der Waals surface area contributed by atoms with Gasteiger partial charge in [0.05, 0.1) is 81.1 Å². The monoisotopic (exact) mass is 1910 g/mol. The zero-order valence-corrected chi connectivity index (χ0v) is 74.5.